The molecule has 0 aromatic rings. The van der Waals surface area contributed by atoms with Gasteiger partial charge in [-0.2, -0.15) is 0 Å². The topological polar surface area (TPSA) is 29.5 Å². The fourth-order valence-corrected chi connectivity index (χ4v) is 1.13. The van der Waals surface area contributed by atoms with Crippen LogP contribution in [0.4, 0.5) is 0 Å². The van der Waals surface area contributed by atoms with Gasteiger partial charge in [-0.25, -0.2) is 0 Å². The Balaban J connectivity index is 0. The van der Waals surface area contributed by atoms with Crippen LogP contribution in [-0.2, 0) is 4.74 Å². The molecule has 2 atom stereocenters. The van der Waals surface area contributed by atoms with Crippen LogP contribution in [0.1, 0.15) is 61.3 Å². The van der Waals surface area contributed by atoms with E-state index in [1.54, 1.807) is 0 Å². The monoisotopic (exact) mass is 256 g/mol. The molecule has 0 aliphatic carbocycles. The van der Waals surface area contributed by atoms with Crippen LogP contribution in [-0.4, -0.2) is 17.8 Å². The lowest BCUT2D eigenvalue weighted by atomic mass is 10.0. The van der Waals surface area contributed by atoms with Gasteiger partial charge in [0.25, 0.3) is 0 Å². The lowest BCUT2D eigenvalue weighted by molar-refractivity contribution is -0.0937. The molecule has 18 heavy (non-hydrogen) atoms. The summed E-state index contributed by atoms with van der Waals surface area (Å²) >= 11 is 0. The summed E-state index contributed by atoms with van der Waals surface area (Å²) in [5.41, 5.74) is 2.38. The predicted molar refractivity (Wildman–Crippen MR) is 81.0 cm³/mol. The van der Waals surface area contributed by atoms with E-state index in [0.29, 0.717) is 6.10 Å². The highest BCUT2D eigenvalue weighted by Crippen LogP contribution is 2.17. The molecule has 1 rings (SSSR count). The van der Waals surface area contributed by atoms with Crippen molar-refractivity contribution in [3.05, 3.63) is 23.5 Å². The average molecular weight is 256 g/mol. The lowest BCUT2D eigenvalue weighted by Gasteiger charge is -2.30. The quantitative estimate of drug-likeness (QED) is 0.551. The van der Waals surface area contributed by atoms with Gasteiger partial charge < -0.3 is 9.84 Å². The lowest BCUT2D eigenvalue weighted by Crippen LogP contribution is -2.34. The minimum atomic E-state index is 0.532. The summed E-state index contributed by atoms with van der Waals surface area (Å²) < 4.78 is 5.04. The van der Waals surface area contributed by atoms with E-state index in [0.717, 1.165) is 30.9 Å². The number of aliphatic hydroxyl groups excluding tert-OH is 1. The van der Waals surface area contributed by atoms with E-state index in [9.17, 15) is 0 Å². The van der Waals surface area contributed by atoms with Crippen molar-refractivity contribution in [3.63, 3.8) is 0 Å². The molecule has 108 valence electrons. The van der Waals surface area contributed by atoms with Gasteiger partial charge in [0.2, 0.25) is 0 Å². The second kappa shape index (κ2) is 12.7. The third kappa shape index (κ3) is 11.7. The molecule has 0 spiro atoms. The third-order valence-corrected chi connectivity index (χ3v) is 2.73. The number of hydrogen-bond donors (Lipinski definition) is 1. The first-order valence-corrected chi connectivity index (χ1v) is 7.02. The minimum absolute atomic E-state index is 0.532. The Morgan fingerprint density at radius 3 is 1.94 bits per heavy atom. The van der Waals surface area contributed by atoms with Gasteiger partial charge in [-0.05, 0) is 46.1 Å². The van der Waals surface area contributed by atoms with E-state index in [-0.39, 0.29) is 0 Å². The highest BCUT2D eigenvalue weighted by Gasteiger charge is 2.21. The largest absolute Gasteiger partial charge is 0.516 e. The van der Waals surface area contributed by atoms with Crippen LogP contribution < -0.4 is 0 Å². The molecule has 0 bridgehead atoms. The molecule has 2 unspecified atom stereocenters. The number of hydrogen-bond acceptors (Lipinski definition) is 2. The molecule has 1 saturated heterocycles. The van der Waals surface area contributed by atoms with Crippen molar-refractivity contribution < 1.29 is 9.84 Å². The predicted octanol–water partition coefficient (Wildman–Crippen LogP) is 5.26. The molecule has 1 fully saturated rings. The van der Waals surface area contributed by atoms with Crippen LogP contribution in [0.15, 0.2) is 23.5 Å². The number of ether oxygens (including phenoxy) is 1. The molecule has 1 aliphatic heterocycles. The first-order valence-electron chi connectivity index (χ1n) is 7.02. The third-order valence-electron chi connectivity index (χ3n) is 2.73. The molecule has 2 heteroatoms. The van der Waals surface area contributed by atoms with Gasteiger partial charge >= 0.3 is 0 Å². The van der Waals surface area contributed by atoms with E-state index < -0.39 is 0 Å². The van der Waals surface area contributed by atoms with Crippen molar-refractivity contribution in [2.75, 3.05) is 6.61 Å². The van der Waals surface area contributed by atoms with Crippen LogP contribution >= 0.6 is 0 Å². The Kier molecular flexibility index (Phi) is 13.8. The summed E-state index contributed by atoms with van der Waals surface area (Å²) in [6.45, 7) is 15.4. The Bertz CT molecular complexity index is 229. The first kappa shape index (κ1) is 19.6. The first-order chi connectivity index (χ1) is 8.47. The zero-order chi connectivity index (χ0) is 14.6. The van der Waals surface area contributed by atoms with Crippen LogP contribution in [0, 0.1) is 5.92 Å². The minimum Gasteiger partial charge on any atom is -0.516 e. The Morgan fingerprint density at radius 2 is 1.72 bits per heavy atom. The van der Waals surface area contributed by atoms with Crippen LogP contribution in [0.3, 0.4) is 0 Å². The molecule has 1 aliphatic rings. The van der Waals surface area contributed by atoms with E-state index in [4.69, 9.17) is 9.84 Å². The number of aliphatic hydroxyl groups is 1. The maximum atomic E-state index is 8.52. The van der Waals surface area contributed by atoms with Crippen molar-refractivity contribution in [3.8, 4) is 0 Å². The van der Waals surface area contributed by atoms with Crippen molar-refractivity contribution in [1.82, 2.24) is 0 Å². The van der Waals surface area contributed by atoms with E-state index >= 15 is 0 Å². The summed E-state index contributed by atoms with van der Waals surface area (Å²) in [7, 11) is 0. The zero-order valence-corrected chi connectivity index (χ0v) is 13.3. The maximum absolute atomic E-state index is 8.52. The summed E-state index contributed by atoms with van der Waals surface area (Å²) in [5.74, 6) is 0.810. The Morgan fingerprint density at radius 1 is 1.22 bits per heavy atom. The van der Waals surface area contributed by atoms with Gasteiger partial charge in [-0.1, -0.05) is 32.4 Å². The van der Waals surface area contributed by atoms with Crippen molar-refractivity contribution >= 4 is 0 Å². The number of rotatable bonds is 3. The highest BCUT2D eigenvalue weighted by atomic mass is 16.5. The zero-order valence-electron chi connectivity index (χ0n) is 13.3. The van der Waals surface area contributed by atoms with E-state index in [2.05, 4.69) is 33.8 Å². The van der Waals surface area contributed by atoms with Crippen LogP contribution in [0.2, 0.25) is 0 Å². The average Bonchev–Trinajstić information content (AvgIpc) is 2.39. The van der Waals surface area contributed by atoms with E-state index in [1.807, 2.05) is 20.8 Å². The molecular weight excluding hydrogens is 224 g/mol. The second-order valence-electron chi connectivity index (χ2n) is 4.81. The number of allylic oxidation sites excluding steroid dienone is 3. The Labute approximate surface area is 114 Å². The second-order valence-corrected chi connectivity index (χ2v) is 4.81. The molecule has 2 nitrogen and oxygen atoms in total. The summed E-state index contributed by atoms with van der Waals surface area (Å²) in [5, 5.41) is 8.52. The molecule has 0 saturated carbocycles. The standard InChI is InChI=1S/C9H16O.C5H10O.C2H6/c1-8(2)5-4-6-9(3)7-10;1-4-3-6-5(4)2;1-2/h5,7,10H,4,6H2,1-3H3;4-5H,3H2,1-2H3;1-2H3/b9-7+;;. The van der Waals surface area contributed by atoms with Gasteiger partial charge in [0.05, 0.1) is 19.0 Å². The van der Waals surface area contributed by atoms with E-state index in [1.165, 1.54) is 11.8 Å². The van der Waals surface area contributed by atoms with Gasteiger partial charge in [0.15, 0.2) is 0 Å². The Hall–Kier alpha value is -0.760. The van der Waals surface area contributed by atoms with Crippen molar-refractivity contribution in [2.24, 2.45) is 5.92 Å². The van der Waals surface area contributed by atoms with Crippen LogP contribution in [0.25, 0.3) is 0 Å². The smallest absolute Gasteiger partial charge is 0.0780 e. The van der Waals surface area contributed by atoms with Crippen molar-refractivity contribution in [1.29, 1.82) is 0 Å². The van der Waals surface area contributed by atoms with Crippen LogP contribution in [0.5, 0.6) is 0 Å². The normalized spacial score (nSPS) is 21.6. The molecule has 0 aromatic heterocycles. The fraction of sp³-hybridized carbons (Fsp3) is 0.750. The maximum Gasteiger partial charge on any atom is 0.0780 e. The molecule has 1 heterocycles. The summed E-state index contributed by atoms with van der Waals surface area (Å²) in [6, 6.07) is 0. The molecule has 0 amide bonds. The van der Waals surface area contributed by atoms with Gasteiger partial charge in [0, 0.05) is 5.92 Å². The molecule has 0 aromatic carbocycles. The fourth-order valence-electron chi connectivity index (χ4n) is 1.13. The highest BCUT2D eigenvalue weighted by molar-refractivity contribution is 4.98. The molecular formula is C16H32O2. The van der Waals surface area contributed by atoms with Gasteiger partial charge in [-0.3, -0.25) is 0 Å². The summed E-state index contributed by atoms with van der Waals surface area (Å²) in [4.78, 5) is 0. The van der Waals surface area contributed by atoms with Gasteiger partial charge in [-0.15, -0.1) is 0 Å². The van der Waals surface area contributed by atoms with Gasteiger partial charge in [0.1, 0.15) is 0 Å². The molecule has 0 radical (unpaired) electrons. The SMILES string of the molecule is CC.CC(C)=CCC/C(C)=C/O.CC1COC1C. The summed E-state index contributed by atoms with van der Waals surface area (Å²) in [6.07, 6.45) is 5.88. The molecule has 1 N–H and O–H groups in total. The van der Waals surface area contributed by atoms with Crippen molar-refractivity contribution in [2.45, 2.75) is 67.4 Å².